The normalized spacial score (nSPS) is 15.7. The number of hydrogen-bond acceptors (Lipinski definition) is 3. The van der Waals surface area contributed by atoms with Crippen LogP contribution in [-0.4, -0.2) is 53.6 Å². The number of halogens is 1. The Hall–Kier alpha value is -2.37. The number of benzene rings is 1. The highest BCUT2D eigenvalue weighted by molar-refractivity contribution is 5.92. The molecule has 0 atom stereocenters. The lowest BCUT2D eigenvalue weighted by molar-refractivity contribution is -0.127. The highest BCUT2D eigenvalue weighted by atomic mass is 19.1. The van der Waals surface area contributed by atoms with Crippen molar-refractivity contribution in [3.63, 3.8) is 0 Å². The zero-order chi connectivity index (χ0) is 17.7. The van der Waals surface area contributed by atoms with E-state index in [4.69, 9.17) is 4.74 Å². The summed E-state index contributed by atoms with van der Waals surface area (Å²) in [4.78, 5) is 27.4. The van der Waals surface area contributed by atoms with Crippen LogP contribution in [0.2, 0.25) is 0 Å². The van der Waals surface area contributed by atoms with Crippen LogP contribution in [0.4, 0.5) is 9.18 Å². The molecule has 1 aliphatic rings. The van der Waals surface area contributed by atoms with E-state index < -0.39 is 5.60 Å². The van der Waals surface area contributed by atoms with Crippen LogP contribution in [0, 0.1) is 5.82 Å². The number of rotatable bonds is 2. The fourth-order valence-corrected chi connectivity index (χ4v) is 2.28. The van der Waals surface area contributed by atoms with Gasteiger partial charge in [0, 0.05) is 32.3 Å². The van der Waals surface area contributed by atoms with Gasteiger partial charge in [-0.05, 0) is 44.5 Å². The summed E-state index contributed by atoms with van der Waals surface area (Å²) < 4.78 is 18.2. The predicted molar refractivity (Wildman–Crippen MR) is 89.8 cm³/mol. The molecule has 24 heavy (non-hydrogen) atoms. The van der Waals surface area contributed by atoms with E-state index in [0.29, 0.717) is 26.2 Å². The molecule has 2 amide bonds. The van der Waals surface area contributed by atoms with Gasteiger partial charge in [0.2, 0.25) is 5.91 Å². The summed E-state index contributed by atoms with van der Waals surface area (Å²) in [5.74, 6) is -0.431. The van der Waals surface area contributed by atoms with Gasteiger partial charge in [-0.25, -0.2) is 9.18 Å². The molecule has 2 rings (SSSR count). The molecule has 0 saturated carbocycles. The van der Waals surface area contributed by atoms with E-state index in [1.54, 1.807) is 28.0 Å². The Balaban J connectivity index is 1.84. The van der Waals surface area contributed by atoms with Gasteiger partial charge >= 0.3 is 6.09 Å². The van der Waals surface area contributed by atoms with E-state index in [2.05, 4.69) is 0 Å². The maximum absolute atomic E-state index is 12.8. The molecule has 5 nitrogen and oxygen atoms in total. The minimum absolute atomic E-state index is 0.122. The van der Waals surface area contributed by atoms with E-state index in [1.165, 1.54) is 18.2 Å². The van der Waals surface area contributed by atoms with Gasteiger partial charge in [0.25, 0.3) is 0 Å². The second-order valence-electron chi connectivity index (χ2n) is 6.68. The van der Waals surface area contributed by atoms with Crippen molar-refractivity contribution in [2.45, 2.75) is 26.4 Å². The molecule has 130 valence electrons. The SMILES string of the molecule is CC(C)(C)OC(=O)N1CCN(C(=O)/C=C/c2ccc(F)cc2)CC1. The monoisotopic (exact) mass is 334 g/mol. The molecule has 0 unspecified atom stereocenters. The van der Waals surface area contributed by atoms with Crippen molar-refractivity contribution in [3.8, 4) is 0 Å². The number of amides is 2. The van der Waals surface area contributed by atoms with Crippen LogP contribution in [0.15, 0.2) is 30.3 Å². The van der Waals surface area contributed by atoms with Gasteiger partial charge in [0.1, 0.15) is 11.4 Å². The molecule has 0 aliphatic carbocycles. The molecule has 0 aromatic heterocycles. The zero-order valence-corrected chi connectivity index (χ0v) is 14.3. The summed E-state index contributed by atoms with van der Waals surface area (Å²) in [6.45, 7) is 7.30. The first-order valence-electron chi connectivity index (χ1n) is 7.95. The minimum Gasteiger partial charge on any atom is -0.444 e. The summed E-state index contributed by atoms with van der Waals surface area (Å²) in [5, 5.41) is 0. The molecule has 1 saturated heterocycles. The van der Waals surface area contributed by atoms with Gasteiger partial charge in [0.05, 0.1) is 0 Å². The van der Waals surface area contributed by atoms with Gasteiger partial charge in [-0.15, -0.1) is 0 Å². The number of hydrogen-bond donors (Lipinski definition) is 0. The molecule has 0 bridgehead atoms. The summed E-state index contributed by atoms with van der Waals surface area (Å²) in [6, 6.07) is 5.92. The Morgan fingerprint density at radius 1 is 1.04 bits per heavy atom. The fourth-order valence-electron chi connectivity index (χ4n) is 2.28. The average Bonchev–Trinajstić information content (AvgIpc) is 2.52. The van der Waals surface area contributed by atoms with Crippen molar-refractivity contribution in [1.82, 2.24) is 9.80 Å². The molecular weight excluding hydrogens is 311 g/mol. The number of piperazine rings is 1. The van der Waals surface area contributed by atoms with Crippen molar-refractivity contribution in [2.75, 3.05) is 26.2 Å². The summed E-state index contributed by atoms with van der Waals surface area (Å²) >= 11 is 0. The second kappa shape index (κ2) is 7.47. The lowest BCUT2D eigenvalue weighted by Crippen LogP contribution is -2.51. The van der Waals surface area contributed by atoms with Crippen molar-refractivity contribution in [1.29, 1.82) is 0 Å². The predicted octanol–water partition coefficient (Wildman–Crippen LogP) is 2.92. The van der Waals surface area contributed by atoms with E-state index in [1.807, 2.05) is 20.8 Å². The van der Waals surface area contributed by atoms with Crippen molar-refractivity contribution < 1.29 is 18.7 Å². The molecule has 1 aromatic rings. The third-order valence-electron chi connectivity index (χ3n) is 3.53. The van der Waals surface area contributed by atoms with E-state index in [0.717, 1.165) is 5.56 Å². The van der Waals surface area contributed by atoms with Crippen LogP contribution in [0.1, 0.15) is 26.3 Å². The molecule has 0 N–H and O–H groups in total. The largest absolute Gasteiger partial charge is 0.444 e. The van der Waals surface area contributed by atoms with Crippen molar-refractivity contribution >= 4 is 18.1 Å². The number of carbonyl (C=O) groups is 2. The number of ether oxygens (including phenoxy) is 1. The fraction of sp³-hybridized carbons (Fsp3) is 0.444. The summed E-state index contributed by atoms with van der Waals surface area (Å²) in [6.07, 6.45) is 2.77. The maximum Gasteiger partial charge on any atom is 0.410 e. The van der Waals surface area contributed by atoms with E-state index >= 15 is 0 Å². The summed E-state index contributed by atoms with van der Waals surface area (Å²) in [7, 11) is 0. The Morgan fingerprint density at radius 3 is 2.12 bits per heavy atom. The van der Waals surface area contributed by atoms with Gasteiger partial charge in [-0.2, -0.15) is 0 Å². The molecule has 1 heterocycles. The first-order chi connectivity index (χ1) is 11.2. The lowest BCUT2D eigenvalue weighted by atomic mass is 10.2. The Morgan fingerprint density at radius 2 is 1.58 bits per heavy atom. The van der Waals surface area contributed by atoms with E-state index in [-0.39, 0.29) is 17.8 Å². The van der Waals surface area contributed by atoms with Crippen LogP contribution < -0.4 is 0 Å². The minimum atomic E-state index is -0.526. The number of nitrogens with zero attached hydrogens (tertiary/aromatic N) is 2. The summed E-state index contributed by atoms with van der Waals surface area (Å²) in [5.41, 5.74) is 0.235. The van der Waals surface area contributed by atoms with E-state index in [9.17, 15) is 14.0 Å². The first-order valence-corrected chi connectivity index (χ1v) is 7.95. The Labute approximate surface area is 141 Å². The smallest absolute Gasteiger partial charge is 0.410 e. The highest BCUT2D eigenvalue weighted by Gasteiger charge is 2.26. The third-order valence-corrected chi connectivity index (χ3v) is 3.53. The van der Waals surface area contributed by atoms with Crippen molar-refractivity contribution in [3.05, 3.63) is 41.7 Å². The topological polar surface area (TPSA) is 49.9 Å². The van der Waals surface area contributed by atoms with Gasteiger partial charge in [-0.3, -0.25) is 4.79 Å². The van der Waals surface area contributed by atoms with Crippen molar-refractivity contribution in [2.24, 2.45) is 0 Å². The molecule has 6 heteroatoms. The van der Waals surface area contributed by atoms with Gasteiger partial charge < -0.3 is 14.5 Å². The van der Waals surface area contributed by atoms with Crippen LogP contribution in [0.25, 0.3) is 6.08 Å². The van der Waals surface area contributed by atoms with Crippen LogP contribution in [0.3, 0.4) is 0 Å². The Bertz CT molecular complexity index is 612. The standard InChI is InChI=1S/C18H23FN2O3/c1-18(2,3)24-17(23)21-12-10-20(11-13-21)16(22)9-6-14-4-7-15(19)8-5-14/h4-9H,10-13H2,1-3H3/b9-6+. The van der Waals surface area contributed by atoms with Crippen LogP contribution in [0.5, 0.6) is 0 Å². The van der Waals surface area contributed by atoms with Crippen LogP contribution in [-0.2, 0) is 9.53 Å². The van der Waals surface area contributed by atoms with Crippen LogP contribution >= 0.6 is 0 Å². The number of carbonyl (C=O) groups excluding carboxylic acids is 2. The lowest BCUT2D eigenvalue weighted by Gasteiger charge is -2.35. The second-order valence-corrected chi connectivity index (χ2v) is 6.68. The molecule has 0 spiro atoms. The first kappa shape index (κ1) is 18.0. The highest BCUT2D eigenvalue weighted by Crippen LogP contribution is 2.12. The quantitative estimate of drug-likeness (QED) is 0.782. The molecule has 0 radical (unpaired) electrons. The average molecular weight is 334 g/mol. The third kappa shape index (κ3) is 5.37. The molecule has 1 aromatic carbocycles. The van der Waals surface area contributed by atoms with Gasteiger partial charge in [0.15, 0.2) is 0 Å². The molecule has 1 aliphatic heterocycles. The molecular formula is C18H23FN2O3. The Kier molecular flexibility index (Phi) is 5.59. The molecule has 1 fully saturated rings. The van der Waals surface area contributed by atoms with Gasteiger partial charge in [-0.1, -0.05) is 12.1 Å². The maximum atomic E-state index is 12.8. The zero-order valence-electron chi connectivity index (χ0n) is 14.3.